The Morgan fingerprint density at radius 3 is 2.51 bits per heavy atom. The van der Waals surface area contributed by atoms with Gasteiger partial charge in [-0.2, -0.15) is 18.3 Å². The molecule has 11 heteroatoms. The summed E-state index contributed by atoms with van der Waals surface area (Å²) in [6.45, 7) is 4.35. The van der Waals surface area contributed by atoms with Gasteiger partial charge in [-0.1, -0.05) is 33.1 Å². The fourth-order valence-corrected chi connectivity index (χ4v) is 4.69. The second kappa shape index (κ2) is 11.4. The SMILES string of the molecule is CC(C)c1nn(-c2ccc(C(F)(F)F)cn2)cc1CCCOc1nn(C2CCCCC2)cc1CC(=O)O. The average molecular weight is 520 g/mol. The molecular formula is C26H32F3N5O3. The van der Waals surface area contributed by atoms with Gasteiger partial charge in [-0.25, -0.2) is 9.67 Å². The lowest BCUT2D eigenvalue weighted by Crippen LogP contribution is -2.13. The zero-order valence-corrected chi connectivity index (χ0v) is 21.0. The van der Waals surface area contributed by atoms with Crippen LogP contribution in [-0.2, 0) is 23.8 Å². The molecule has 0 saturated heterocycles. The third kappa shape index (κ3) is 6.69. The summed E-state index contributed by atoms with van der Waals surface area (Å²) in [4.78, 5) is 15.3. The number of nitrogens with zero attached hydrogens (tertiary/aromatic N) is 5. The van der Waals surface area contributed by atoms with E-state index < -0.39 is 17.7 Å². The van der Waals surface area contributed by atoms with E-state index in [0.29, 0.717) is 36.7 Å². The molecule has 8 nitrogen and oxygen atoms in total. The Morgan fingerprint density at radius 1 is 1.14 bits per heavy atom. The molecule has 0 unspecified atom stereocenters. The number of hydrogen-bond donors (Lipinski definition) is 1. The molecule has 1 N–H and O–H groups in total. The zero-order valence-electron chi connectivity index (χ0n) is 21.0. The van der Waals surface area contributed by atoms with Crippen LogP contribution in [0.3, 0.4) is 0 Å². The Labute approximate surface area is 213 Å². The maximum atomic E-state index is 12.9. The molecule has 0 aromatic carbocycles. The van der Waals surface area contributed by atoms with Gasteiger partial charge in [-0.15, -0.1) is 5.10 Å². The molecule has 1 saturated carbocycles. The molecule has 1 fully saturated rings. The molecule has 0 radical (unpaired) electrons. The van der Waals surface area contributed by atoms with Crippen molar-refractivity contribution in [3.05, 3.63) is 53.1 Å². The van der Waals surface area contributed by atoms with E-state index in [-0.39, 0.29) is 18.4 Å². The number of carboxylic acid groups (broad SMARTS) is 1. The number of alkyl halides is 3. The molecule has 3 aromatic heterocycles. The van der Waals surface area contributed by atoms with Crippen LogP contribution in [0, 0.1) is 0 Å². The van der Waals surface area contributed by atoms with Gasteiger partial charge in [0, 0.05) is 24.2 Å². The molecule has 200 valence electrons. The zero-order chi connectivity index (χ0) is 26.6. The molecule has 0 amide bonds. The van der Waals surface area contributed by atoms with Gasteiger partial charge in [0.1, 0.15) is 0 Å². The minimum Gasteiger partial charge on any atom is -0.481 e. The Balaban J connectivity index is 1.42. The molecule has 1 aliphatic carbocycles. The quantitative estimate of drug-likeness (QED) is 0.343. The maximum Gasteiger partial charge on any atom is 0.417 e. The number of carbonyl (C=O) groups is 1. The minimum absolute atomic E-state index is 0.111. The standard InChI is InChI=1S/C26H32F3N5O3/c1-17(2)24-18(15-34(31-24)22-11-10-20(14-30-22)26(27,28)29)7-6-12-37-25-19(13-23(35)36)16-33(32-25)21-8-4-3-5-9-21/h10-11,14-17,21H,3-9,12-13H2,1-2H3,(H,35,36). The Bertz CT molecular complexity index is 1200. The number of rotatable bonds is 10. The van der Waals surface area contributed by atoms with E-state index >= 15 is 0 Å². The maximum absolute atomic E-state index is 12.9. The van der Waals surface area contributed by atoms with Crippen LogP contribution < -0.4 is 4.74 Å². The van der Waals surface area contributed by atoms with Crippen molar-refractivity contribution in [1.29, 1.82) is 0 Å². The van der Waals surface area contributed by atoms with Crippen molar-refractivity contribution in [2.75, 3.05) is 6.61 Å². The highest BCUT2D eigenvalue weighted by atomic mass is 19.4. The van der Waals surface area contributed by atoms with E-state index in [9.17, 15) is 23.1 Å². The van der Waals surface area contributed by atoms with Crippen molar-refractivity contribution < 1.29 is 27.8 Å². The molecular weight excluding hydrogens is 487 g/mol. The fraction of sp³-hybridized carbons (Fsp3) is 0.538. The predicted octanol–water partition coefficient (Wildman–Crippen LogP) is 5.75. The van der Waals surface area contributed by atoms with Gasteiger partial charge in [-0.05, 0) is 49.3 Å². The summed E-state index contributed by atoms with van der Waals surface area (Å²) in [5.41, 5.74) is 1.56. The van der Waals surface area contributed by atoms with E-state index in [1.54, 1.807) is 12.4 Å². The van der Waals surface area contributed by atoms with Crippen molar-refractivity contribution in [1.82, 2.24) is 24.5 Å². The molecule has 3 heterocycles. The molecule has 4 rings (SSSR count). The smallest absolute Gasteiger partial charge is 0.417 e. The predicted molar refractivity (Wildman–Crippen MR) is 130 cm³/mol. The van der Waals surface area contributed by atoms with Gasteiger partial charge in [0.25, 0.3) is 0 Å². The van der Waals surface area contributed by atoms with Crippen LogP contribution in [0.4, 0.5) is 13.2 Å². The first-order valence-corrected chi connectivity index (χ1v) is 12.7. The molecule has 0 aliphatic heterocycles. The highest BCUT2D eigenvalue weighted by Gasteiger charge is 2.30. The van der Waals surface area contributed by atoms with Gasteiger partial charge in [0.2, 0.25) is 5.88 Å². The highest BCUT2D eigenvalue weighted by molar-refractivity contribution is 5.70. The summed E-state index contributed by atoms with van der Waals surface area (Å²) in [5.74, 6) is -0.149. The summed E-state index contributed by atoms with van der Waals surface area (Å²) >= 11 is 0. The van der Waals surface area contributed by atoms with Crippen LogP contribution in [0.2, 0.25) is 0 Å². The Hall–Kier alpha value is -3.37. The second-order valence-corrected chi connectivity index (χ2v) is 9.80. The van der Waals surface area contributed by atoms with Gasteiger partial charge in [0.05, 0.1) is 30.3 Å². The second-order valence-electron chi connectivity index (χ2n) is 9.80. The van der Waals surface area contributed by atoms with E-state index in [1.165, 1.54) is 17.2 Å². The first kappa shape index (κ1) is 26.7. The lowest BCUT2D eigenvalue weighted by atomic mass is 9.96. The molecule has 3 aromatic rings. The third-order valence-electron chi connectivity index (χ3n) is 6.57. The Morgan fingerprint density at radius 2 is 1.89 bits per heavy atom. The lowest BCUT2D eigenvalue weighted by Gasteiger charge is -2.21. The number of ether oxygens (including phenoxy) is 1. The summed E-state index contributed by atoms with van der Waals surface area (Å²) in [7, 11) is 0. The average Bonchev–Trinajstić information content (AvgIpc) is 3.46. The van der Waals surface area contributed by atoms with Crippen molar-refractivity contribution >= 4 is 5.97 Å². The van der Waals surface area contributed by atoms with Crippen LogP contribution in [0.25, 0.3) is 5.82 Å². The van der Waals surface area contributed by atoms with Crippen LogP contribution in [0.1, 0.15) is 86.7 Å². The Kier molecular flexibility index (Phi) is 8.19. The molecule has 0 spiro atoms. The third-order valence-corrected chi connectivity index (χ3v) is 6.57. The van der Waals surface area contributed by atoms with Gasteiger partial charge in [-0.3, -0.25) is 9.48 Å². The summed E-state index contributed by atoms with van der Waals surface area (Å²) < 4.78 is 47.9. The van der Waals surface area contributed by atoms with Crippen molar-refractivity contribution in [2.24, 2.45) is 0 Å². The van der Waals surface area contributed by atoms with E-state index in [4.69, 9.17) is 4.74 Å². The van der Waals surface area contributed by atoms with Crippen molar-refractivity contribution in [3.8, 4) is 11.7 Å². The largest absolute Gasteiger partial charge is 0.481 e. The lowest BCUT2D eigenvalue weighted by molar-refractivity contribution is -0.138. The first-order valence-electron chi connectivity index (χ1n) is 12.7. The number of pyridine rings is 1. The normalized spacial score (nSPS) is 14.9. The van der Waals surface area contributed by atoms with Crippen LogP contribution >= 0.6 is 0 Å². The molecule has 0 atom stereocenters. The molecule has 1 aliphatic rings. The van der Waals surface area contributed by atoms with Crippen LogP contribution in [0.5, 0.6) is 5.88 Å². The highest BCUT2D eigenvalue weighted by Crippen LogP contribution is 2.31. The van der Waals surface area contributed by atoms with E-state index in [2.05, 4.69) is 15.2 Å². The minimum atomic E-state index is -4.44. The van der Waals surface area contributed by atoms with Crippen LogP contribution in [-0.4, -0.2) is 42.2 Å². The number of aryl methyl sites for hydroxylation is 1. The summed E-state index contributed by atoms with van der Waals surface area (Å²) in [6, 6.07) is 2.57. The summed E-state index contributed by atoms with van der Waals surface area (Å²) in [5, 5.41) is 18.4. The topological polar surface area (TPSA) is 95.1 Å². The fourth-order valence-electron chi connectivity index (χ4n) is 4.69. The van der Waals surface area contributed by atoms with E-state index in [0.717, 1.165) is 49.2 Å². The summed E-state index contributed by atoms with van der Waals surface area (Å²) in [6.07, 6.45) is 6.63. The van der Waals surface area contributed by atoms with E-state index in [1.807, 2.05) is 18.5 Å². The molecule has 37 heavy (non-hydrogen) atoms. The number of carboxylic acids is 1. The number of aliphatic carboxylic acids is 1. The van der Waals surface area contributed by atoms with Crippen molar-refractivity contribution in [2.45, 2.75) is 83.4 Å². The molecule has 0 bridgehead atoms. The van der Waals surface area contributed by atoms with Crippen LogP contribution in [0.15, 0.2) is 30.7 Å². The van der Waals surface area contributed by atoms with Crippen molar-refractivity contribution in [3.63, 3.8) is 0 Å². The first-order chi connectivity index (χ1) is 17.6. The van der Waals surface area contributed by atoms with Gasteiger partial charge >= 0.3 is 12.1 Å². The number of aromatic nitrogens is 5. The number of hydrogen-bond acceptors (Lipinski definition) is 5. The number of halogens is 3. The monoisotopic (exact) mass is 519 g/mol. The van der Waals surface area contributed by atoms with Gasteiger partial charge < -0.3 is 9.84 Å². The van der Waals surface area contributed by atoms with Gasteiger partial charge in [0.15, 0.2) is 5.82 Å².